The van der Waals surface area contributed by atoms with Crippen molar-refractivity contribution in [2.45, 2.75) is 12.8 Å². The average molecular weight is 345 g/mol. The molecular formula is C14H14Cl2N2O4. The number of rotatable bonds is 5. The summed E-state index contributed by atoms with van der Waals surface area (Å²) < 4.78 is 0. The van der Waals surface area contributed by atoms with Crippen LogP contribution in [0.2, 0.25) is 10.0 Å². The maximum Gasteiger partial charge on any atom is 0.305 e. The lowest BCUT2D eigenvalue weighted by Crippen LogP contribution is -2.37. The van der Waals surface area contributed by atoms with Crippen molar-refractivity contribution in [2.24, 2.45) is 5.92 Å². The largest absolute Gasteiger partial charge is 0.481 e. The first-order valence-corrected chi connectivity index (χ1v) is 7.41. The lowest BCUT2D eigenvalue weighted by atomic mass is 10.1. The van der Waals surface area contributed by atoms with Gasteiger partial charge >= 0.3 is 5.97 Å². The number of carbonyl (C=O) groups is 3. The van der Waals surface area contributed by atoms with E-state index in [9.17, 15) is 14.4 Å². The molecule has 1 aromatic rings. The van der Waals surface area contributed by atoms with Crippen LogP contribution in [0, 0.1) is 5.92 Å². The second-order valence-electron chi connectivity index (χ2n) is 4.89. The van der Waals surface area contributed by atoms with E-state index in [4.69, 9.17) is 28.3 Å². The number of aliphatic carboxylic acids is 1. The van der Waals surface area contributed by atoms with Gasteiger partial charge in [-0.2, -0.15) is 0 Å². The van der Waals surface area contributed by atoms with Gasteiger partial charge in [-0.3, -0.25) is 14.4 Å². The molecule has 2 N–H and O–H groups in total. The summed E-state index contributed by atoms with van der Waals surface area (Å²) >= 11 is 11.8. The van der Waals surface area contributed by atoms with Crippen LogP contribution in [-0.4, -0.2) is 36.0 Å². The minimum atomic E-state index is -1.01. The Morgan fingerprint density at radius 2 is 1.91 bits per heavy atom. The van der Waals surface area contributed by atoms with Crippen molar-refractivity contribution in [2.75, 3.05) is 18.0 Å². The Morgan fingerprint density at radius 1 is 1.27 bits per heavy atom. The first kappa shape index (κ1) is 16.6. The second-order valence-corrected chi connectivity index (χ2v) is 5.77. The molecule has 1 fully saturated rings. The summed E-state index contributed by atoms with van der Waals surface area (Å²) in [7, 11) is 0. The van der Waals surface area contributed by atoms with E-state index in [1.807, 2.05) is 0 Å². The third-order valence-corrected chi connectivity index (χ3v) is 3.76. The third kappa shape index (κ3) is 3.90. The van der Waals surface area contributed by atoms with Gasteiger partial charge in [0.05, 0.1) is 6.42 Å². The monoisotopic (exact) mass is 344 g/mol. The number of hydrogen-bond acceptors (Lipinski definition) is 3. The van der Waals surface area contributed by atoms with E-state index >= 15 is 0 Å². The van der Waals surface area contributed by atoms with Crippen LogP contribution in [0.4, 0.5) is 5.69 Å². The molecule has 0 aliphatic carbocycles. The van der Waals surface area contributed by atoms with Crippen LogP contribution in [-0.2, 0) is 14.4 Å². The van der Waals surface area contributed by atoms with E-state index in [1.165, 1.54) is 4.90 Å². The highest BCUT2D eigenvalue weighted by atomic mass is 35.5. The minimum Gasteiger partial charge on any atom is -0.481 e. The van der Waals surface area contributed by atoms with Gasteiger partial charge in [0.1, 0.15) is 5.92 Å². The van der Waals surface area contributed by atoms with Gasteiger partial charge in [-0.1, -0.05) is 23.2 Å². The van der Waals surface area contributed by atoms with Crippen LogP contribution in [0.25, 0.3) is 0 Å². The lowest BCUT2D eigenvalue weighted by Gasteiger charge is -2.17. The Bertz CT molecular complexity index is 601. The molecule has 1 heterocycles. The molecule has 1 aliphatic rings. The van der Waals surface area contributed by atoms with Crippen molar-refractivity contribution in [3.63, 3.8) is 0 Å². The fraction of sp³-hybridized carbons (Fsp3) is 0.357. The maximum absolute atomic E-state index is 12.3. The van der Waals surface area contributed by atoms with Crippen molar-refractivity contribution in [3.8, 4) is 0 Å². The predicted molar refractivity (Wildman–Crippen MR) is 82.2 cm³/mol. The number of carboxylic acids is 1. The molecule has 2 rings (SSSR count). The Hall–Kier alpha value is -1.79. The topological polar surface area (TPSA) is 86.7 Å². The lowest BCUT2D eigenvalue weighted by molar-refractivity contribution is -0.137. The van der Waals surface area contributed by atoms with Crippen molar-refractivity contribution in [3.05, 3.63) is 28.2 Å². The Kier molecular flexibility index (Phi) is 5.26. The molecule has 118 valence electrons. The number of carbonyl (C=O) groups excluding carboxylic acids is 2. The molecule has 2 amide bonds. The molecule has 0 saturated carbocycles. The number of nitrogens with one attached hydrogen (secondary N) is 1. The fourth-order valence-corrected chi connectivity index (χ4v) is 2.81. The van der Waals surface area contributed by atoms with Gasteiger partial charge in [0, 0.05) is 28.8 Å². The zero-order valence-corrected chi connectivity index (χ0v) is 13.0. The average Bonchev–Trinajstić information content (AvgIpc) is 2.79. The molecule has 1 aromatic carbocycles. The highest BCUT2D eigenvalue weighted by Gasteiger charge is 2.37. The van der Waals surface area contributed by atoms with E-state index in [-0.39, 0.29) is 18.9 Å². The van der Waals surface area contributed by atoms with Gasteiger partial charge in [0.2, 0.25) is 11.8 Å². The van der Waals surface area contributed by atoms with Crippen LogP contribution in [0.1, 0.15) is 12.8 Å². The van der Waals surface area contributed by atoms with Crippen LogP contribution in [0.5, 0.6) is 0 Å². The summed E-state index contributed by atoms with van der Waals surface area (Å²) in [5, 5.41) is 11.8. The highest BCUT2D eigenvalue weighted by Crippen LogP contribution is 2.30. The molecule has 22 heavy (non-hydrogen) atoms. The maximum atomic E-state index is 12.3. The van der Waals surface area contributed by atoms with Crippen LogP contribution >= 0.6 is 23.2 Å². The van der Waals surface area contributed by atoms with Gasteiger partial charge in [-0.15, -0.1) is 0 Å². The number of hydrogen-bond donors (Lipinski definition) is 2. The summed E-state index contributed by atoms with van der Waals surface area (Å²) in [4.78, 5) is 36.1. The number of nitrogens with zero attached hydrogens (tertiary/aromatic N) is 1. The van der Waals surface area contributed by atoms with Gasteiger partial charge in [-0.25, -0.2) is 0 Å². The van der Waals surface area contributed by atoms with Crippen LogP contribution < -0.4 is 10.2 Å². The normalized spacial score (nSPS) is 17.6. The standard InChI is InChI=1S/C14H14Cl2N2O4/c15-8-5-9(16)7-10(6-8)18-4-2-11(14(18)22)13(21)17-3-1-12(19)20/h5-7,11H,1-4H2,(H,17,21)(H,19,20)/t11-/m1/s1. The number of carboxylic acid groups (broad SMARTS) is 1. The molecule has 1 aliphatic heterocycles. The molecular weight excluding hydrogens is 331 g/mol. The summed E-state index contributed by atoms with van der Waals surface area (Å²) in [6, 6.07) is 4.77. The summed E-state index contributed by atoms with van der Waals surface area (Å²) in [6.07, 6.45) is 0.183. The number of halogens is 2. The zero-order chi connectivity index (χ0) is 16.3. The fourth-order valence-electron chi connectivity index (χ4n) is 2.29. The van der Waals surface area contributed by atoms with Crippen LogP contribution in [0.15, 0.2) is 18.2 Å². The van der Waals surface area contributed by atoms with Gasteiger partial charge < -0.3 is 15.3 Å². The van der Waals surface area contributed by atoms with Gasteiger partial charge in [0.15, 0.2) is 0 Å². The summed E-state index contributed by atoms with van der Waals surface area (Å²) in [5.41, 5.74) is 0.545. The third-order valence-electron chi connectivity index (χ3n) is 3.32. The van der Waals surface area contributed by atoms with Crippen molar-refractivity contribution < 1.29 is 19.5 Å². The quantitative estimate of drug-likeness (QED) is 0.799. The molecule has 0 unspecified atom stereocenters. The molecule has 1 atom stereocenters. The second kappa shape index (κ2) is 6.98. The van der Waals surface area contributed by atoms with E-state index in [2.05, 4.69) is 5.32 Å². The highest BCUT2D eigenvalue weighted by molar-refractivity contribution is 6.35. The van der Waals surface area contributed by atoms with Crippen molar-refractivity contribution >= 4 is 46.7 Å². The molecule has 6 nitrogen and oxygen atoms in total. The van der Waals surface area contributed by atoms with E-state index < -0.39 is 17.8 Å². The van der Waals surface area contributed by atoms with E-state index in [0.29, 0.717) is 28.7 Å². The number of benzene rings is 1. The Morgan fingerprint density at radius 3 is 2.50 bits per heavy atom. The van der Waals surface area contributed by atoms with Crippen molar-refractivity contribution in [1.29, 1.82) is 0 Å². The molecule has 8 heteroatoms. The SMILES string of the molecule is O=C(O)CCNC(=O)[C@H]1CCN(c2cc(Cl)cc(Cl)c2)C1=O. The van der Waals surface area contributed by atoms with E-state index in [0.717, 1.165) is 0 Å². The van der Waals surface area contributed by atoms with E-state index in [1.54, 1.807) is 18.2 Å². The minimum absolute atomic E-state index is 0.000932. The van der Waals surface area contributed by atoms with Crippen LogP contribution in [0.3, 0.4) is 0 Å². The number of anilines is 1. The molecule has 0 bridgehead atoms. The first-order valence-electron chi connectivity index (χ1n) is 6.65. The predicted octanol–water partition coefficient (Wildman–Crippen LogP) is 1.94. The summed E-state index contributed by atoms with van der Waals surface area (Å²) in [6.45, 7) is 0.382. The van der Waals surface area contributed by atoms with Gasteiger partial charge in [0.25, 0.3) is 0 Å². The Labute approximate surface area is 137 Å². The zero-order valence-electron chi connectivity index (χ0n) is 11.5. The molecule has 0 spiro atoms. The summed E-state index contributed by atoms with van der Waals surface area (Å²) in [5.74, 6) is -2.62. The molecule has 0 aromatic heterocycles. The number of amides is 2. The first-order chi connectivity index (χ1) is 10.4. The smallest absolute Gasteiger partial charge is 0.305 e. The molecule has 0 radical (unpaired) electrons. The Balaban J connectivity index is 2.03. The molecule has 1 saturated heterocycles. The van der Waals surface area contributed by atoms with Gasteiger partial charge in [-0.05, 0) is 24.6 Å². The van der Waals surface area contributed by atoms with Crippen molar-refractivity contribution in [1.82, 2.24) is 5.32 Å².